The van der Waals surface area contributed by atoms with Gasteiger partial charge >= 0.3 is 5.97 Å². The van der Waals surface area contributed by atoms with Crippen molar-refractivity contribution < 1.29 is 18.8 Å². The zero-order chi connectivity index (χ0) is 12.3. The Bertz CT molecular complexity index is 502. The average Bonchev–Trinajstić information content (AvgIpc) is 2.88. The van der Waals surface area contributed by atoms with Gasteiger partial charge in [0.2, 0.25) is 0 Å². The molecule has 2 aromatic heterocycles. The molecule has 0 atom stereocenters. The number of aryl methyl sites for hydroxylation is 1. The van der Waals surface area contributed by atoms with Crippen molar-refractivity contribution in [1.82, 2.24) is 10.5 Å². The lowest BCUT2D eigenvalue weighted by molar-refractivity contribution is 0.0695. The van der Waals surface area contributed by atoms with Crippen LogP contribution in [-0.4, -0.2) is 16.2 Å². The van der Waals surface area contributed by atoms with E-state index in [0.717, 1.165) is 5.69 Å². The molecular weight excluding hydrogens is 224 g/mol. The van der Waals surface area contributed by atoms with E-state index in [0.29, 0.717) is 24.6 Å². The molecule has 0 spiro atoms. The van der Waals surface area contributed by atoms with Crippen LogP contribution in [0.25, 0.3) is 0 Å². The smallest absolute Gasteiger partial charge is 0.339 e. The van der Waals surface area contributed by atoms with E-state index in [-0.39, 0.29) is 5.56 Å². The predicted octanol–water partition coefficient (Wildman–Crippen LogP) is 1.56. The van der Waals surface area contributed by atoms with Crippen LogP contribution in [0.4, 0.5) is 0 Å². The minimum atomic E-state index is -0.978. The Hall–Kier alpha value is -2.08. The van der Waals surface area contributed by atoms with Crippen molar-refractivity contribution in [2.75, 3.05) is 0 Å². The molecule has 2 aromatic rings. The number of carbonyl (C=O) groups is 1. The number of nitrogens with zero attached hydrogens (tertiary/aromatic N) is 1. The topological polar surface area (TPSA) is 88.5 Å². The monoisotopic (exact) mass is 236 g/mol. The largest absolute Gasteiger partial charge is 0.478 e. The number of hydrogen-bond acceptors (Lipinski definition) is 5. The summed E-state index contributed by atoms with van der Waals surface area (Å²) in [5.74, 6) is 0.0214. The van der Waals surface area contributed by atoms with Crippen molar-refractivity contribution in [3.05, 3.63) is 41.2 Å². The second-order valence-electron chi connectivity index (χ2n) is 3.58. The highest BCUT2D eigenvalue weighted by molar-refractivity contribution is 5.88. The van der Waals surface area contributed by atoms with Gasteiger partial charge in [-0.05, 0) is 13.0 Å². The first-order valence-corrected chi connectivity index (χ1v) is 5.09. The highest BCUT2D eigenvalue weighted by atomic mass is 16.5. The summed E-state index contributed by atoms with van der Waals surface area (Å²) in [6.07, 6.45) is 1.50. The van der Waals surface area contributed by atoms with Crippen molar-refractivity contribution in [3.8, 4) is 0 Å². The standard InChI is InChI=1S/C11H12N2O4/c1-7-10(11(14)15)4-9(17-7)6-12-5-8-2-3-16-13-8/h2-4,12H,5-6H2,1H3,(H,14,15). The quantitative estimate of drug-likeness (QED) is 0.819. The number of furan rings is 1. The Morgan fingerprint density at radius 3 is 2.94 bits per heavy atom. The van der Waals surface area contributed by atoms with Crippen molar-refractivity contribution >= 4 is 5.97 Å². The van der Waals surface area contributed by atoms with Gasteiger partial charge in [-0.15, -0.1) is 0 Å². The van der Waals surface area contributed by atoms with Gasteiger partial charge in [-0.25, -0.2) is 4.79 Å². The van der Waals surface area contributed by atoms with Gasteiger partial charge in [0.05, 0.1) is 12.2 Å². The van der Waals surface area contributed by atoms with Crippen LogP contribution in [0.15, 0.2) is 27.3 Å². The zero-order valence-electron chi connectivity index (χ0n) is 9.27. The van der Waals surface area contributed by atoms with E-state index in [4.69, 9.17) is 9.52 Å². The molecular formula is C11H12N2O4. The summed E-state index contributed by atoms with van der Waals surface area (Å²) in [5.41, 5.74) is 0.981. The summed E-state index contributed by atoms with van der Waals surface area (Å²) in [6, 6.07) is 3.27. The van der Waals surface area contributed by atoms with Crippen LogP contribution in [0, 0.1) is 6.92 Å². The van der Waals surface area contributed by atoms with E-state index in [1.807, 2.05) is 0 Å². The van der Waals surface area contributed by atoms with Gasteiger partial charge < -0.3 is 19.4 Å². The number of carboxylic acids is 1. The van der Waals surface area contributed by atoms with Gasteiger partial charge in [-0.3, -0.25) is 0 Å². The zero-order valence-corrected chi connectivity index (χ0v) is 9.27. The molecule has 0 aliphatic rings. The van der Waals surface area contributed by atoms with Gasteiger partial charge in [-0.2, -0.15) is 0 Å². The van der Waals surface area contributed by atoms with Crippen LogP contribution in [-0.2, 0) is 13.1 Å². The molecule has 6 nitrogen and oxygen atoms in total. The van der Waals surface area contributed by atoms with Gasteiger partial charge in [0.1, 0.15) is 23.3 Å². The van der Waals surface area contributed by atoms with Gasteiger partial charge in [0.15, 0.2) is 0 Å². The summed E-state index contributed by atoms with van der Waals surface area (Å²) < 4.78 is 9.99. The Kier molecular flexibility index (Phi) is 3.24. The maximum absolute atomic E-state index is 10.8. The molecule has 0 radical (unpaired) electrons. The maximum atomic E-state index is 10.8. The van der Waals surface area contributed by atoms with Crippen molar-refractivity contribution in [1.29, 1.82) is 0 Å². The molecule has 0 bridgehead atoms. The Balaban J connectivity index is 1.91. The molecule has 2 heterocycles. The Morgan fingerprint density at radius 1 is 1.53 bits per heavy atom. The Labute approximate surface area is 97.2 Å². The summed E-state index contributed by atoms with van der Waals surface area (Å²) in [6.45, 7) is 2.62. The molecule has 90 valence electrons. The summed E-state index contributed by atoms with van der Waals surface area (Å²) in [4.78, 5) is 10.8. The van der Waals surface area contributed by atoms with E-state index in [2.05, 4.69) is 15.0 Å². The van der Waals surface area contributed by atoms with E-state index >= 15 is 0 Å². The lowest BCUT2D eigenvalue weighted by Gasteiger charge is -1.98. The molecule has 0 aliphatic carbocycles. The SMILES string of the molecule is Cc1oc(CNCc2ccon2)cc1C(=O)O. The number of nitrogens with one attached hydrogen (secondary N) is 1. The highest BCUT2D eigenvalue weighted by Crippen LogP contribution is 2.14. The predicted molar refractivity (Wildman–Crippen MR) is 57.5 cm³/mol. The number of aromatic nitrogens is 1. The Morgan fingerprint density at radius 2 is 2.35 bits per heavy atom. The lowest BCUT2D eigenvalue weighted by Crippen LogP contribution is -2.12. The van der Waals surface area contributed by atoms with Crippen LogP contribution in [0.3, 0.4) is 0 Å². The van der Waals surface area contributed by atoms with Crippen LogP contribution in [0.5, 0.6) is 0 Å². The first kappa shape index (κ1) is 11.4. The fourth-order valence-electron chi connectivity index (χ4n) is 1.49. The fourth-order valence-corrected chi connectivity index (χ4v) is 1.49. The van der Waals surface area contributed by atoms with Gasteiger partial charge in [0, 0.05) is 12.6 Å². The molecule has 0 unspecified atom stereocenters. The maximum Gasteiger partial charge on any atom is 0.339 e. The van der Waals surface area contributed by atoms with Crippen molar-refractivity contribution in [2.45, 2.75) is 20.0 Å². The summed E-state index contributed by atoms with van der Waals surface area (Å²) in [5, 5.41) is 15.7. The molecule has 17 heavy (non-hydrogen) atoms. The fraction of sp³-hybridized carbons (Fsp3) is 0.273. The third-order valence-corrected chi connectivity index (χ3v) is 2.30. The van der Waals surface area contributed by atoms with E-state index in [1.165, 1.54) is 12.3 Å². The summed E-state index contributed by atoms with van der Waals surface area (Å²) >= 11 is 0. The first-order valence-electron chi connectivity index (χ1n) is 5.09. The number of carboxylic acid groups (broad SMARTS) is 1. The van der Waals surface area contributed by atoms with Gasteiger partial charge in [0.25, 0.3) is 0 Å². The van der Waals surface area contributed by atoms with Crippen LogP contribution < -0.4 is 5.32 Å². The number of rotatable bonds is 5. The van der Waals surface area contributed by atoms with Crippen molar-refractivity contribution in [3.63, 3.8) is 0 Å². The lowest BCUT2D eigenvalue weighted by atomic mass is 10.2. The molecule has 0 saturated heterocycles. The third-order valence-electron chi connectivity index (χ3n) is 2.30. The second kappa shape index (κ2) is 4.84. The van der Waals surface area contributed by atoms with Crippen LogP contribution in [0.2, 0.25) is 0 Å². The highest BCUT2D eigenvalue weighted by Gasteiger charge is 2.13. The number of hydrogen-bond donors (Lipinski definition) is 2. The average molecular weight is 236 g/mol. The first-order chi connectivity index (χ1) is 8.16. The van der Waals surface area contributed by atoms with Crippen LogP contribution in [0.1, 0.15) is 27.6 Å². The molecule has 0 aliphatic heterocycles. The molecule has 0 amide bonds. The minimum absolute atomic E-state index is 0.197. The molecule has 2 rings (SSSR count). The van der Waals surface area contributed by atoms with E-state index in [1.54, 1.807) is 13.0 Å². The summed E-state index contributed by atoms with van der Waals surface area (Å²) in [7, 11) is 0. The van der Waals surface area contributed by atoms with Crippen LogP contribution >= 0.6 is 0 Å². The molecule has 6 heteroatoms. The minimum Gasteiger partial charge on any atom is -0.478 e. The second-order valence-corrected chi connectivity index (χ2v) is 3.58. The number of aromatic carboxylic acids is 1. The van der Waals surface area contributed by atoms with E-state index < -0.39 is 5.97 Å². The van der Waals surface area contributed by atoms with Gasteiger partial charge in [-0.1, -0.05) is 5.16 Å². The molecule has 0 aromatic carbocycles. The molecule has 0 fully saturated rings. The molecule has 2 N–H and O–H groups in total. The van der Waals surface area contributed by atoms with E-state index in [9.17, 15) is 4.79 Å². The van der Waals surface area contributed by atoms with Crippen molar-refractivity contribution in [2.24, 2.45) is 0 Å². The normalized spacial score (nSPS) is 10.6. The third kappa shape index (κ3) is 2.73. The molecule has 0 saturated carbocycles.